The van der Waals surface area contributed by atoms with E-state index in [4.69, 9.17) is 21.1 Å². The highest BCUT2D eigenvalue weighted by Crippen LogP contribution is 2.38. The van der Waals surface area contributed by atoms with Crippen molar-refractivity contribution in [2.45, 2.75) is 33.0 Å². The molecular weight excluding hydrogens is 576 g/mol. The van der Waals surface area contributed by atoms with Crippen LogP contribution in [0.15, 0.2) is 72.8 Å². The summed E-state index contributed by atoms with van der Waals surface area (Å²) in [5.74, 6) is 0.919. The first-order chi connectivity index (χ1) is 21.3. The first kappa shape index (κ1) is 29.8. The molecule has 0 unspecified atom stereocenters. The Labute approximate surface area is 263 Å². The highest BCUT2D eigenvalue weighted by molar-refractivity contribution is 6.34. The molecule has 0 atom stereocenters. The molecule has 9 heteroatoms. The normalized spacial score (nSPS) is 15.0. The number of aromatic nitrogens is 1. The fourth-order valence-corrected chi connectivity index (χ4v) is 6.45. The van der Waals surface area contributed by atoms with Crippen LogP contribution in [-0.4, -0.2) is 72.6 Å². The van der Waals surface area contributed by atoms with Gasteiger partial charge in [-0.2, -0.15) is 0 Å². The minimum Gasteiger partial charge on any atom is -0.497 e. The van der Waals surface area contributed by atoms with E-state index in [1.165, 1.54) is 0 Å². The van der Waals surface area contributed by atoms with Gasteiger partial charge < -0.3 is 23.8 Å². The van der Waals surface area contributed by atoms with Crippen LogP contribution in [0.5, 0.6) is 11.5 Å². The number of rotatable bonds is 6. The lowest BCUT2D eigenvalue weighted by Gasteiger charge is -2.37. The SMILES string of the molecule is COc1cccc(-c2cc(OC)c(C(=O)N3Cc4ccc(C(=O)N5CCN(C(C)C)CC5)n4Cc4ccccc43)cc2Cl)c1. The van der Waals surface area contributed by atoms with Crippen LogP contribution in [0.25, 0.3) is 11.1 Å². The molecule has 0 radical (unpaired) electrons. The van der Waals surface area contributed by atoms with Crippen molar-refractivity contribution in [3.63, 3.8) is 0 Å². The molecule has 8 nitrogen and oxygen atoms in total. The van der Waals surface area contributed by atoms with E-state index in [1.54, 1.807) is 31.3 Å². The molecule has 2 aliphatic heterocycles. The third-order valence-electron chi connectivity index (χ3n) is 8.70. The number of amides is 2. The number of hydrogen-bond acceptors (Lipinski definition) is 5. The highest BCUT2D eigenvalue weighted by Gasteiger charge is 2.31. The van der Waals surface area contributed by atoms with Gasteiger partial charge in [-0.1, -0.05) is 41.9 Å². The second-order valence-corrected chi connectivity index (χ2v) is 11.9. The van der Waals surface area contributed by atoms with Crippen LogP contribution >= 0.6 is 11.6 Å². The van der Waals surface area contributed by atoms with Gasteiger partial charge in [0, 0.05) is 54.2 Å². The summed E-state index contributed by atoms with van der Waals surface area (Å²) in [4.78, 5) is 34.2. The van der Waals surface area contributed by atoms with Crippen LogP contribution in [0.3, 0.4) is 0 Å². The van der Waals surface area contributed by atoms with Crippen molar-refractivity contribution in [2.24, 2.45) is 0 Å². The smallest absolute Gasteiger partial charge is 0.270 e. The third kappa shape index (κ3) is 5.55. The van der Waals surface area contributed by atoms with Crippen molar-refractivity contribution >= 4 is 29.1 Å². The number of para-hydroxylation sites is 1. The Bertz CT molecular complexity index is 1710. The second kappa shape index (κ2) is 12.4. The van der Waals surface area contributed by atoms with Crippen molar-refractivity contribution in [1.82, 2.24) is 14.4 Å². The highest BCUT2D eigenvalue weighted by atomic mass is 35.5. The Kier molecular flexibility index (Phi) is 8.38. The number of piperazine rings is 1. The van der Waals surface area contributed by atoms with E-state index >= 15 is 0 Å². The summed E-state index contributed by atoms with van der Waals surface area (Å²) in [6.45, 7) is 8.29. The van der Waals surface area contributed by atoms with Crippen LogP contribution in [0.1, 0.15) is 46.0 Å². The summed E-state index contributed by atoms with van der Waals surface area (Å²) in [6.07, 6.45) is 0. The predicted molar refractivity (Wildman–Crippen MR) is 173 cm³/mol. The summed E-state index contributed by atoms with van der Waals surface area (Å²) >= 11 is 6.81. The largest absolute Gasteiger partial charge is 0.497 e. The molecule has 0 N–H and O–H groups in total. The van der Waals surface area contributed by atoms with Crippen molar-refractivity contribution < 1.29 is 19.1 Å². The summed E-state index contributed by atoms with van der Waals surface area (Å²) in [6, 6.07) is 23.2. The Balaban J connectivity index is 1.34. The Morgan fingerprint density at radius 3 is 2.32 bits per heavy atom. The van der Waals surface area contributed by atoms with Crippen molar-refractivity contribution in [2.75, 3.05) is 45.3 Å². The van der Waals surface area contributed by atoms with E-state index in [9.17, 15) is 9.59 Å². The summed E-state index contributed by atoms with van der Waals surface area (Å²) in [7, 11) is 3.17. The van der Waals surface area contributed by atoms with Gasteiger partial charge in [0.05, 0.1) is 32.9 Å². The number of carbonyl (C=O) groups excluding carboxylic acids is 2. The molecule has 0 aliphatic carbocycles. The lowest BCUT2D eigenvalue weighted by atomic mass is 10.0. The average molecular weight is 613 g/mol. The zero-order valence-corrected chi connectivity index (χ0v) is 26.3. The molecule has 0 spiro atoms. The van der Waals surface area contributed by atoms with Gasteiger partial charge in [-0.25, -0.2) is 0 Å². The number of benzene rings is 3. The summed E-state index contributed by atoms with van der Waals surface area (Å²) in [5, 5.41) is 0.430. The number of ether oxygens (including phenoxy) is 2. The molecule has 1 fully saturated rings. The van der Waals surface area contributed by atoms with E-state index < -0.39 is 0 Å². The predicted octanol–water partition coefficient (Wildman–Crippen LogP) is 6.20. The lowest BCUT2D eigenvalue weighted by molar-refractivity contribution is 0.0585. The minimum atomic E-state index is -0.235. The molecule has 1 aromatic heterocycles. The molecule has 2 amide bonds. The lowest BCUT2D eigenvalue weighted by Crippen LogP contribution is -2.51. The van der Waals surface area contributed by atoms with Crippen LogP contribution in [0.4, 0.5) is 5.69 Å². The van der Waals surface area contributed by atoms with E-state index in [0.29, 0.717) is 60.0 Å². The van der Waals surface area contributed by atoms with E-state index in [2.05, 4.69) is 23.3 Å². The maximum absolute atomic E-state index is 14.4. The van der Waals surface area contributed by atoms with Crippen LogP contribution < -0.4 is 14.4 Å². The van der Waals surface area contributed by atoms with Gasteiger partial charge in [0.1, 0.15) is 17.2 Å². The maximum Gasteiger partial charge on any atom is 0.270 e. The van der Waals surface area contributed by atoms with E-state index in [1.807, 2.05) is 65.6 Å². The number of fused-ring (bicyclic) bond motifs is 2. The molecule has 0 bridgehead atoms. The molecule has 44 heavy (non-hydrogen) atoms. The standard InChI is InChI=1S/C35H37ClN4O4/c1-23(2)37-14-16-38(17-15-37)35(42)32-13-12-26-22-40(31-11-6-5-8-25(31)21-39(26)32)34(41)29-19-30(36)28(20-33(29)44-4)24-9-7-10-27(18-24)43-3/h5-13,18-20,23H,14-17,21-22H2,1-4H3. The zero-order valence-electron chi connectivity index (χ0n) is 25.5. The van der Waals surface area contributed by atoms with Crippen molar-refractivity contribution in [1.29, 1.82) is 0 Å². The van der Waals surface area contributed by atoms with Gasteiger partial charge in [-0.05, 0) is 67.4 Å². The minimum absolute atomic E-state index is 0.0264. The topological polar surface area (TPSA) is 67.2 Å². The van der Waals surface area contributed by atoms with E-state index in [0.717, 1.165) is 41.2 Å². The van der Waals surface area contributed by atoms with E-state index in [-0.39, 0.29) is 11.8 Å². The number of methoxy groups -OCH3 is 2. The average Bonchev–Trinajstić information content (AvgIpc) is 3.36. The Hall–Kier alpha value is -4.27. The van der Waals surface area contributed by atoms with Gasteiger partial charge >= 0.3 is 0 Å². The fourth-order valence-electron chi connectivity index (χ4n) is 6.18. The summed E-state index contributed by atoms with van der Waals surface area (Å²) < 4.78 is 13.2. The van der Waals surface area contributed by atoms with Gasteiger partial charge in [0.25, 0.3) is 11.8 Å². The van der Waals surface area contributed by atoms with Crippen LogP contribution in [0.2, 0.25) is 5.02 Å². The molecule has 228 valence electrons. The van der Waals surface area contributed by atoms with Gasteiger partial charge in [-0.15, -0.1) is 0 Å². The first-order valence-corrected chi connectivity index (χ1v) is 15.3. The molecule has 0 saturated carbocycles. The Morgan fingerprint density at radius 2 is 1.59 bits per heavy atom. The number of halogens is 1. The molecular formula is C35H37ClN4O4. The molecule has 6 rings (SSSR count). The Morgan fingerprint density at radius 1 is 0.818 bits per heavy atom. The van der Waals surface area contributed by atoms with Gasteiger partial charge in [0.2, 0.25) is 0 Å². The van der Waals surface area contributed by atoms with Gasteiger partial charge in [0.15, 0.2) is 0 Å². The number of nitrogens with zero attached hydrogens (tertiary/aromatic N) is 4. The quantitative estimate of drug-likeness (QED) is 0.259. The van der Waals surface area contributed by atoms with Gasteiger partial charge in [-0.3, -0.25) is 14.5 Å². The second-order valence-electron chi connectivity index (χ2n) is 11.5. The number of anilines is 1. The first-order valence-electron chi connectivity index (χ1n) is 14.9. The zero-order chi connectivity index (χ0) is 31.0. The molecule has 3 aromatic carbocycles. The fraction of sp³-hybridized carbons (Fsp3) is 0.314. The third-order valence-corrected chi connectivity index (χ3v) is 9.01. The monoisotopic (exact) mass is 612 g/mol. The van der Waals surface area contributed by atoms with Crippen molar-refractivity contribution in [3.05, 3.63) is 100 Å². The number of hydrogen-bond donors (Lipinski definition) is 0. The molecule has 3 heterocycles. The molecule has 1 saturated heterocycles. The number of carbonyl (C=O) groups is 2. The maximum atomic E-state index is 14.4. The van der Waals surface area contributed by atoms with Crippen molar-refractivity contribution in [3.8, 4) is 22.6 Å². The summed E-state index contributed by atoms with van der Waals surface area (Å²) in [5.41, 5.74) is 5.22. The van der Waals surface area contributed by atoms with Crippen LogP contribution in [-0.2, 0) is 13.1 Å². The molecule has 4 aromatic rings. The van der Waals surface area contributed by atoms with Crippen LogP contribution in [0, 0.1) is 0 Å². The molecule has 2 aliphatic rings.